The molecular formula is C13H22O. The van der Waals surface area contributed by atoms with Crippen LogP contribution in [0.25, 0.3) is 0 Å². The fourth-order valence-corrected chi connectivity index (χ4v) is 2.17. The molecule has 80 valence electrons. The number of allylic oxidation sites excluding steroid dienone is 4. The summed E-state index contributed by atoms with van der Waals surface area (Å²) in [6, 6.07) is 0. The van der Waals surface area contributed by atoms with Gasteiger partial charge in [0.15, 0.2) is 0 Å². The van der Waals surface area contributed by atoms with Gasteiger partial charge in [0.2, 0.25) is 0 Å². The van der Waals surface area contributed by atoms with Crippen molar-refractivity contribution in [2.75, 3.05) is 0 Å². The maximum absolute atomic E-state index is 9.66. The largest absolute Gasteiger partial charge is 0.512 e. The molecule has 0 radical (unpaired) electrons. The molecule has 0 aliphatic heterocycles. The zero-order valence-corrected chi connectivity index (χ0v) is 9.85. The number of hydrogen-bond donors (Lipinski definition) is 1. The van der Waals surface area contributed by atoms with E-state index in [2.05, 4.69) is 20.8 Å². The molecule has 0 bridgehead atoms. The Hall–Kier alpha value is -0.720. The summed E-state index contributed by atoms with van der Waals surface area (Å²) in [5.74, 6) is 1.25. The van der Waals surface area contributed by atoms with Crippen molar-refractivity contribution < 1.29 is 5.11 Å². The normalized spacial score (nSPS) is 30.1. The molecule has 14 heavy (non-hydrogen) atoms. The summed E-state index contributed by atoms with van der Waals surface area (Å²) < 4.78 is 0. The van der Waals surface area contributed by atoms with Crippen LogP contribution < -0.4 is 0 Å². The Kier molecular flexibility index (Phi) is 3.79. The highest BCUT2D eigenvalue weighted by Crippen LogP contribution is 2.36. The summed E-state index contributed by atoms with van der Waals surface area (Å²) in [7, 11) is 0. The molecule has 0 aromatic heterocycles. The number of aliphatic hydroxyl groups excluding tert-OH is 1. The fraction of sp³-hybridized carbons (Fsp3) is 0.692. The lowest BCUT2D eigenvalue weighted by molar-refractivity contribution is 0.389. The Morgan fingerprint density at radius 2 is 2.00 bits per heavy atom. The Balaban J connectivity index is 3.02. The molecule has 1 aliphatic rings. The molecule has 0 saturated heterocycles. The first kappa shape index (κ1) is 11.4. The van der Waals surface area contributed by atoms with E-state index in [1.807, 2.05) is 6.92 Å². The second-order valence-corrected chi connectivity index (χ2v) is 4.52. The maximum Gasteiger partial charge on any atom is 0.0926 e. The van der Waals surface area contributed by atoms with Gasteiger partial charge in [0.05, 0.1) is 5.76 Å². The average molecular weight is 194 g/mol. The molecule has 0 aromatic rings. The third kappa shape index (κ3) is 2.40. The first-order chi connectivity index (χ1) is 6.56. The molecule has 1 saturated carbocycles. The van der Waals surface area contributed by atoms with Crippen LogP contribution in [0.15, 0.2) is 22.5 Å². The van der Waals surface area contributed by atoms with Crippen molar-refractivity contribution in [1.82, 2.24) is 0 Å². The van der Waals surface area contributed by atoms with E-state index >= 15 is 0 Å². The average Bonchev–Trinajstić information content (AvgIpc) is 2.16. The highest BCUT2D eigenvalue weighted by atomic mass is 16.3. The van der Waals surface area contributed by atoms with Crippen LogP contribution in [0.1, 0.15) is 53.4 Å². The number of aliphatic hydroxyl groups is 1. The van der Waals surface area contributed by atoms with E-state index in [1.165, 1.54) is 23.1 Å². The van der Waals surface area contributed by atoms with Gasteiger partial charge in [-0.2, -0.15) is 0 Å². The van der Waals surface area contributed by atoms with Crippen LogP contribution in [0, 0.1) is 5.92 Å². The molecule has 0 amide bonds. The van der Waals surface area contributed by atoms with Crippen LogP contribution in [-0.2, 0) is 0 Å². The quantitative estimate of drug-likeness (QED) is 0.615. The Bertz CT molecular complexity index is 267. The summed E-state index contributed by atoms with van der Waals surface area (Å²) in [6.07, 6.45) is 4.56. The standard InChI is InChI=1S/C13H22O/c1-5-10(3)12-7-6-9(2)8-13(12)11(4)14/h9,14H,5-8H2,1-4H3/b12-10-,13-11+. The van der Waals surface area contributed by atoms with Gasteiger partial charge in [0.1, 0.15) is 0 Å². The van der Waals surface area contributed by atoms with Gasteiger partial charge in [-0.05, 0) is 56.6 Å². The first-order valence-electron chi connectivity index (χ1n) is 5.64. The molecule has 0 spiro atoms. The number of rotatable bonds is 1. The van der Waals surface area contributed by atoms with Crippen LogP contribution in [0.2, 0.25) is 0 Å². The Morgan fingerprint density at radius 3 is 2.50 bits per heavy atom. The SMILES string of the molecule is CC/C(C)=C1/CCC(C)C/C1=C(/C)O. The molecule has 0 aromatic carbocycles. The van der Waals surface area contributed by atoms with Crippen molar-refractivity contribution in [3.05, 3.63) is 22.5 Å². The van der Waals surface area contributed by atoms with Crippen molar-refractivity contribution in [2.45, 2.75) is 53.4 Å². The van der Waals surface area contributed by atoms with E-state index in [0.29, 0.717) is 5.76 Å². The van der Waals surface area contributed by atoms with Crippen LogP contribution in [-0.4, -0.2) is 5.11 Å². The zero-order valence-electron chi connectivity index (χ0n) is 9.85. The van der Waals surface area contributed by atoms with Crippen molar-refractivity contribution in [1.29, 1.82) is 0 Å². The molecule has 1 atom stereocenters. The molecule has 1 nitrogen and oxygen atoms in total. The lowest BCUT2D eigenvalue weighted by Crippen LogP contribution is -2.10. The van der Waals surface area contributed by atoms with Gasteiger partial charge in [-0.1, -0.05) is 19.4 Å². The predicted octanol–water partition coefficient (Wildman–Crippen LogP) is 4.36. The van der Waals surface area contributed by atoms with Gasteiger partial charge in [-0.15, -0.1) is 0 Å². The van der Waals surface area contributed by atoms with Gasteiger partial charge in [-0.3, -0.25) is 0 Å². The molecular weight excluding hydrogens is 172 g/mol. The van der Waals surface area contributed by atoms with Gasteiger partial charge >= 0.3 is 0 Å². The third-order valence-corrected chi connectivity index (χ3v) is 3.29. The molecule has 1 rings (SSSR count). The minimum absolute atomic E-state index is 0.527. The molecule has 1 N–H and O–H groups in total. The van der Waals surface area contributed by atoms with Gasteiger partial charge < -0.3 is 5.11 Å². The van der Waals surface area contributed by atoms with Crippen LogP contribution >= 0.6 is 0 Å². The molecule has 1 aliphatic carbocycles. The van der Waals surface area contributed by atoms with Gasteiger partial charge in [0.25, 0.3) is 0 Å². The number of hydrogen-bond acceptors (Lipinski definition) is 1. The second kappa shape index (κ2) is 4.68. The van der Waals surface area contributed by atoms with Gasteiger partial charge in [0, 0.05) is 0 Å². The maximum atomic E-state index is 9.66. The summed E-state index contributed by atoms with van der Waals surface area (Å²) in [6.45, 7) is 8.45. The monoisotopic (exact) mass is 194 g/mol. The minimum atomic E-state index is 0.527. The Morgan fingerprint density at radius 1 is 1.36 bits per heavy atom. The van der Waals surface area contributed by atoms with Gasteiger partial charge in [-0.25, -0.2) is 0 Å². The van der Waals surface area contributed by atoms with E-state index < -0.39 is 0 Å². The van der Waals surface area contributed by atoms with Crippen molar-refractivity contribution >= 4 is 0 Å². The highest BCUT2D eigenvalue weighted by Gasteiger charge is 2.20. The van der Waals surface area contributed by atoms with Crippen molar-refractivity contribution in [3.63, 3.8) is 0 Å². The second-order valence-electron chi connectivity index (χ2n) is 4.52. The molecule has 0 heterocycles. The summed E-state index contributed by atoms with van der Waals surface area (Å²) >= 11 is 0. The summed E-state index contributed by atoms with van der Waals surface area (Å²) in [5.41, 5.74) is 4.08. The third-order valence-electron chi connectivity index (χ3n) is 3.29. The van der Waals surface area contributed by atoms with Crippen molar-refractivity contribution in [2.24, 2.45) is 5.92 Å². The zero-order chi connectivity index (χ0) is 10.7. The van der Waals surface area contributed by atoms with E-state index in [4.69, 9.17) is 0 Å². The fourth-order valence-electron chi connectivity index (χ4n) is 2.17. The van der Waals surface area contributed by atoms with Crippen LogP contribution in [0.3, 0.4) is 0 Å². The van der Waals surface area contributed by atoms with Crippen molar-refractivity contribution in [3.8, 4) is 0 Å². The minimum Gasteiger partial charge on any atom is -0.512 e. The molecule has 1 heteroatoms. The lowest BCUT2D eigenvalue weighted by atomic mass is 9.80. The van der Waals surface area contributed by atoms with Crippen LogP contribution in [0.5, 0.6) is 0 Å². The molecule has 1 unspecified atom stereocenters. The highest BCUT2D eigenvalue weighted by molar-refractivity contribution is 5.38. The predicted molar refractivity (Wildman–Crippen MR) is 61.3 cm³/mol. The van der Waals surface area contributed by atoms with E-state index in [0.717, 1.165) is 25.2 Å². The Labute approximate surface area is 87.5 Å². The van der Waals surface area contributed by atoms with Crippen LogP contribution in [0.4, 0.5) is 0 Å². The molecule has 1 fully saturated rings. The van der Waals surface area contributed by atoms with E-state index in [-0.39, 0.29) is 0 Å². The van der Waals surface area contributed by atoms with E-state index in [9.17, 15) is 5.11 Å². The van der Waals surface area contributed by atoms with E-state index in [1.54, 1.807) is 0 Å². The smallest absolute Gasteiger partial charge is 0.0926 e. The summed E-state index contributed by atoms with van der Waals surface area (Å²) in [4.78, 5) is 0. The lowest BCUT2D eigenvalue weighted by Gasteiger charge is -2.26. The first-order valence-corrected chi connectivity index (χ1v) is 5.64. The summed E-state index contributed by atoms with van der Waals surface area (Å²) in [5, 5.41) is 9.66. The topological polar surface area (TPSA) is 20.2 Å².